The summed E-state index contributed by atoms with van der Waals surface area (Å²) >= 11 is 0. The van der Waals surface area contributed by atoms with E-state index in [9.17, 15) is 14.0 Å². The van der Waals surface area contributed by atoms with Crippen LogP contribution in [-0.4, -0.2) is 19.0 Å². The molecule has 0 heterocycles. The van der Waals surface area contributed by atoms with E-state index in [4.69, 9.17) is 0 Å². The third-order valence-electron chi connectivity index (χ3n) is 3.30. The summed E-state index contributed by atoms with van der Waals surface area (Å²) in [5, 5.41) is 9.20. The zero-order valence-corrected chi connectivity index (χ0v) is 9.87. The molecule has 1 atom stereocenters. The van der Waals surface area contributed by atoms with Crippen molar-refractivity contribution in [3.63, 3.8) is 0 Å². The summed E-state index contributed by atoms with van der Waals surface area (Å²) in [5.74, 6) is -0.923. The van der Waals surface area contributed by atoms with Crippen molar-refractivity contribution in [2.75, 3.05) is 14.1 Å². The minimum atomic E-state index is -0.557. The highest BCUT2D eigenvalue weighted by molar-refractivity contribution is 5.30. The molecule has 0 spiro atoms. The average Bonchev–Trinajstić information content (AvgIpc) is 3.04. The maximum atomic E-state index is 13.8. The van der Waals surface area contributed by atoms with Crippen molar-refractivity contribution in [2.45, 2.75) is 18.9 Å². The van der Waals surface area contributed by atoms with Crippen LogP contribution >= 0.6 is 0 Å². The Morgan fingerprint density at radius 1 is 1.35 bits per heavy atom. The van der Waals surface area contributed by atoms with E-state index in [1.54, 1.807) is 19.0 Å². The molecule has 0 radical (unpaired) electrons. The molecule has 1 aliphatic carbocycles. The molecular formula is C13H14F2N2. The summed E-state index contributed by atoms with van der Waals surface area (Å²) in [7, 11) is 3.57. The quantitative estimate of drug-likeness (QED) is 0.806. The Morgan fingerprint density at radius 3 is 2.47 bits per heavy atom. The molecule has 1 aromatic rings. The number of nitriles is 1. The lowest BCUT2D eigenvalue weighted by Crippen LogP contribution is -2.28. The molecule has 2 rings (SSSR count). The predicted octanol–water partition coefficient (Wildman–Crippen LogP) is 2.87. The molecule has 4 heteroatoms. The molecule has 0 amide bonds. The van der Waals surface area contributed by atoms with Gasteiger partial charge in [0.2, 0.25) is 0 Å². The summed E-state index contributed by atoms with van der Waals surface area (Å²) in [6.07, 6.45) is 1.48. The van der Waals surface area contributed by atoms with Gasteiger partial charge in [0.15, 0.2) is 0 Å². The maximum Gasteiger partial charge on any atom is 0.128 e. The summed E-state index contributed by atoms with van der Waals surface area (Å²) < 4.78 is 27.0. The van der Waals surface area contributed by atoms with E-state index in [-0.39, 0.29) is 11.6 Å². The highest BCUT2D eigenvalue weighted by Crippen LogP contribution is 2.56. The Bertz CT molecular complexity index is 473. The number of hydrogen-bond donors (Lipinski definition) is 0. The molecule has 1 aliphatic rings. The van der Waals surface area contributed by atoms with Gasteiger partial charge in [-0.3, -0.25) is 0 Å². The first kappa shape index (κ1) is 12.0. The van der Waals surface area contributed by atoms with Gasteiger partial charge in [0.25, 0.3) is 0 Å². The van der Waals surface area contributed by atoms with Crippen molar-refractivity contribution in [3.8, 4) is 6.07 Å². The maximum absolute atomic E-state index is 13.8. The molecule has 90 valence electrons. The van der Waals surface area contributed by atoms with Gasteiger partial charge in [0.1, 0.15) is 11.6 Å². The second kappa shape index (κ2) is 4.08. The summed E-state index contributed by atoms with van der Waals surface area (Å²) in [6.45, 7) is 0. The SMILES string of the molecule is CN(C)C(c1cc(F)ccc1F)C1(C#N)CC1. The smallest absolute Gasteiger partial charge is 0.128 e. The van der Waals surface area contributed by atoms with Crippen LogP contribution in [-0.2, 0) is 0 Å². The van der Waals surface area contributed by atoms with Crippen LogP contribution in [0, 0.1) is 28.4 Å². The van der Waals surface area contributed by atoms with Crippen molar-refractivity contribution in [2.24, 2.45) is 5.41 Å². The molecule has 0 N–H and O–H groups in total. The van der Waals surface area contributed by atoms with Gasteiger partial charge < -0.3 is 4.90 Å². The number of hydrogen-bond acceptors (Lipinski definition) is 2. The lowest BCUT2D eigenvalue weighted by molar-refractivity contribution is 0.225. The molecule has 2 nitrogen and oxygen atoms in total. The van der Waals surface area contributed by atoms with Crippen molar-refractivity contribution in [1.29, 1.82) is 5.26 Å². The molecule has 1 saturated carbocycles. The topological polar surface area (TPSA) is 27.0 Å². The van der Waals surface area contributed by atoms with Gasteiger partial charge in [-0.1, -0.05) is 0 Å². The van der Waals surface area contributed by atoms with Gasteiger partial charge in [-0.05, 0) is 45.1 Å². The van der Waals surface area contributed by atoms with Crippen molar-refractivity contribution in [3.05, 3.63) is 35.4 Å². The highest BCUT2D eigenvalue weighted by Gasteiger charge is 2.52. The van der Waals surface area contributed by atoms with E-state index in [1.807, 2.05) is 0 Å². The molecule has 0 bridgehead atoms. The fraction of sp³-hybridized carbons (Fsp3) is 0.462. The Kier molecular flexibility index (Phi) is 2.88. The molecular weight excluding hydrogens is 222 g/mol. The molecule has 0 saturated heterocycles. The van der Waals surface area contributed by atoms with Crippen LogP contribution in [0.1, 0.15) is 24.4 Å². The van der Waals surface area contributed by atoms with Gasteiger partial charge in [0.05, 0.1) is 17.5 Å². The average molecular weight is 236 g/mol. The van der Waals surface area contributed by atoms with Crippen LogP contribution in [0.2, 0.25) is 0 Å². The van der Waals surface area contributed by atoms with Crippen LogP contribution in [0.15, 0.2) is 18.2 Å². The van der Waals surface area contributed by atoms with Gasteiger partial charge in [-0.15, -0.1) is 0 Å². The van der Waals surface area contributed by atoms with Crippen molar-refractivity contribution < 1.29 is 8.78 Å². The Morgan fingerprint density at radius 2 is 2.00 bits per heavy atom. The first-order valence-electron chi connectivity index (χ1n) is 5.53. The predicted molar refractivity (Wildman–Crippen MR) is 60.1 cm³/mol. The fourth-order valence-corrected chi connectivity index (χ4v) is 2.38. The Hall–Kier alpha value is -1.47. The Labute approximate surface area is 99.5 Å². The van der Waals surface area contributed by atoms with E-state index >= 15 is 0 Å². The van der Waals surface area contributed by atoms with Crippen LogP contribution in [0.4, 0.5) is 8.78 Å². The van der Waals surface area contributed by atoms with Crippen LogP contribution in [0.25, 0.3) is 0 Å². The van der Waals surface area contributed by atoms with Crippen LogP contribution in [0.3, 0.4) is 0 Å². The standard InChI is InChI=1S/C13H14F2N2/c1-17(2)12(13(8-16)5-6-13)10-7-9(14)3-4-11(10)15/h3-4,7,12H,5-6H2,1-2H3. The number of nitrogens with zero attached hydrogens (tertiary/aromatic N) is 2. The van der Waals surface area contributed by atoms with E-state index in [1.165, 1.54) is 6.07 Å². The molecule has 1 unspecified atom stereocenters. The third-order valence-corrected chi connectivity index (χ3v) is 3.30. The van der Waals surface area contributed by atoms with E-state index in [0.717, 1.165) is 25.0 Å². The minimum absolute atomic E-state index is 0.272. The number of halogens is 2. The summed E-state index contributed by atoms with van der Waals surface area (Å²) in [4.78, 5) is 1.79. The van der Waals surface area contributed by atoms with Gasteiger partial charge in [0, 0.05) is 5.56 Å². The molecule has 17 heavy (non-hydrogen) atoms. The first-order chi connectivity index (χ1) is 8.00. The van der Waals surface area contributed by atoms with Gasteiger partial charge in [-0.25, -0.2) is 8.78 Å². The van der Waals surface area contributed by atoms with Crippen molar-refractivity contribution in [1.82, 2.24) is 4.90 Å². The second-order valence-electron chi connectivity index (χ2n) is 4.80. The fourth-order valence-electron chi connectivity index (χ4n) is 2.38. The third kappa shape index (κ3) is 2.03. The van der Waals surface area contributed by atoms with E-state index in [0.29, 0.717) is 0 Å². The van der Waals surface area contributed by atoms with Gasteiger partial charge in [-0.2, -0.15) is 5.26 Å². The summed E-state index contributed by atoms with van der Waals surface area (Å²) in [5.41, 5.74) is -0.285. The lowest BCUT2D eigenvalue weighted by Gasteiger charge is -2.29. The molecule has 1 fully saturated rings. The lowest BCUT2D eigenvalue weighted by atomic mass is 9.90. The second-order valence-corrected chi connectivity index (χ2v) is 4.80. The van der Waals surface area contributed by atoms with Gasteiger partial charge >= 0.3 is 0 Å². The number of rotatable bonds is 3. The summed E-state index contributed by atoms with van der Waals surface area (Å²) in [6, 6.07) is 5.27. The molecule has 0 aliphatic heterocycles. The van der Waals surface area contributed by atoms with E-state index < -0.39 is 17.0 Å². The normalized spacial score (nSPS) is 18.8. The zero-order valence-electron chi connectivity index (χ0n) is 9.87. The number of benzene rings is 1. The monoisotopic (exact) mass is 236 g/mol. The molecule has 0 aromatic heterocycles. The van der Waals surface area contributed by atoms with Crippen LogP contribution in [0.5, 0.6) is 0 Å². The highest BCUT2D eigenvalue weighted by atomic mass is 19.1. The van der Waals surface area contributed by atoms with Crippen molar-refractivity contribution >= 4 is 0 Å². The zero-order chi connectivity index (χ0) is 12.6. The first-order valence-corrected chi connectivity index (χ1v) is 5.53. The molecule has 1 aromatic carbocycles. The Balaban J connectivity index is 2.48. The van der Waals surface area contributed by atoms with Crippen LogP contribution < -0.4 is 0 Å². The largest absolute Gasteiger partial charge is 0.301 e. The van der Waals surface area contributed by atoms with E-state index in [2.05, 4.69) is 6.07 Å². The minimum Gasteiger partial charge on any atom is -0.301 e.